The number of rotatable bonds is 5. The number of aromatic amines is 1. The lowest BCUT2D eigenvalue weighted by molar-refractivity contribution is 0.330. The first kappa shape index (κ1) is 17.6. The van der Waals surface area contributed by atoms with Crippen LogP contribution in [0.25, 0.3) is 21.8 Å². The van der Waals surface area contributed by atoms with Crippen LogP contribution in [0.3, 0.4) is 0 Å². The van der Waals surface area contributed by atoms with Crippen molar-refractivity contribution in [1.29, 1.82) is 5.26 Å². The quantitative estimate of drug-likeness (QED) is 0.537. The summed E-state index contributed by atoms with van der Waals surface area (Å²) >= 11 is 0. The van der Waals surface area contributed by atoms with E-state index in [0.717, 1.165) is 5.69 Å². The third kappa shape index (κ3) is 3.05. The molecule has 4 aromatic rings. The van der Waals surface area contributed by atoms with E-state index in [1.165, 1.54) is 7.11 Å². The van der Waals surface area contributed by atoms with Gasteiger partial charge < -0.3 is 19.2 Å². The number of benzene rings is 2. The molecule has 0 saturated carbocycles. The number of H-pyrrole nitrogens is 1. The second kappa shape index (κ2) is 7.08. The number of nitrogens with one attached hydrogen (secondary N) is 1. The third-order valence-corrected chi connectivity index (χ3v) is 4.34. The van der Waals surface area contributed by atoms with Gasteiger partial charge in [0.25, 0.3) is 0 Å². The highest BCUT2D eigenvalue weighted by Gasteiger charge is 2.15. The molecule has 0 aliphatic carbocycles. The molecule has 0 bridgehead atoms. The summed E-state index contributed by atoms with van der Waals surface area (Å²) in [6.07, 6.45) is 1.56. The second-order valence-electron chi connectivity index (χ2n) is 6.17. The zero-order chi connectivity index (χ0) is 19.7. The summed E-state index contributed by atoms with van der Waals surface area (Å²) in [6.45, 7) is 1.76. The topological polar surface area (TPSA) is 80.2 Å². The van der Waals surface area contributed by atoms with Crippen LogP contribution in [0.1, 0.15) is 5.69 Å². The lowest BCUT2D eigenvalue weighted by atomic mass is 10.1. The van der Waals surface area contributed by atoms with E-state index in [4.69, 9.17) is 19.5 Å². The minimum Gasteiger partial charge on any atom is -0.493 e. The van der Waals surface area contributed by atoms with Gasteiger partial charge in [0.15, 0.2) is 29.7 Å². The number of fused-ring (bicyclic) bond motifs is 2. The van der Waals surface area contributed by atoms with E-state index in [1.54, 1.807) is 42.6 Å². The fraction of sp³-hybridized carbons (Fsp3) is 0.143. The van der Waals surface area contributed by atoms with Gasteiger partial charge in [-0.15, -0.1) is 0 Å². The Bertz CT molecular complexity index is 1230. The number of aryl methyl sites for hydroxylation is 1. The Morgan fingerprint density at radius 3 is 2.71 bits per heavy atom. The van der Waals surface area contributed by atoms with E-state index in [2.05, 4.69) is 9.97 Å². The van der Waals surface area contributed by atoms with Crippen LogP contribution in [-0.2, 0) is 0 Å². The van der Waals surface area contributed by atoms with Gasteiger partial charge in [0.2, 0.25) is 0 Å². The van der Waals surface area contributed by atoms with Crippen LogP contribution in [0, 0.1) is 24.1 Å². The zero-order valence-corrected chi connectivity index (χ0v) is 15.2. The van der Waals surface area contributed by atoms with Crippen LogP contribution in [0.5, 0.6) is 23.0 Å². The van der Waals surface area contributed by atoms with Crippen molar-refractivity contribution in [3.8, 4) is 29.1 Å². The molecule has 0 radical (unpaired) electrons. The number of hydrogen-bond donors (Lipinski definition) is 1. The van der Waals surface area contributed by atoms with Crippen LogP contribution in [-0.4, -0.2) is 23.7 Å². The fourth-order valence-corrected chi connectivity index (χ4v) is 3.09. The van der Waals surface area contributed by atoms with Crippen molar-refractivity contribution in [2.75, 3.05) is 13.7 Å². The Balaban J connectivity index is 1.79. The van der Waals surface area contributed by atoms with E-state index in [-0.39, 0.29) is 12.4 Å². The predicted octanol–water partition coefficient (Wildman–Crippen LogP) is 4.87. The number of methoxy groups -OCH3 is 1. The number of nitrogens with zero attached hydrogens (tertiary/aromatic N) is 2. The van der Waals surface area contributed by atoms with Crippen molar-refractivity contribution in [3.63, 3.8) is 0 Å². The monoisotopic (exact) mass is 377 g/mol. The number of ether oxygens (including phenoxy) is 3. The van der Waals surface area contributed by atoms with Gasteiger partial charge in [-0.1, -0.05) is 0 Å². The molecular formula is C21H16FN3O3. The Morgan fingerprint density at radius 2 is 1.93 bits per heavy atom. The number of hydrogen-bond acceptors (Lipinski definition) is 5. The Labute approximate surface area is 160 Å². The average molecular weight is 377 g/mol. The van der Waals surface area contributed by atoms with Crippen molar-refractivity contribution in [3.05, 3.63) is 54.1 Å². The lowest BCUT2D eigenvalue weighted by Gasteiger charge is -2.13. The summed E-state index contributed by atoms with van der Waals surface area (Å²) in [6, 6.07) is 12.0. The van der Waals surface area contributed by atoms with Gasteiger partial charge in [-0.25, -0.2) is 4.39 Å². The van der Waals surface area contributed by atoms with Crippen molar-refractivity contribution >= 4 is 21.8 Å². The Morgan fingerprint density at radius 1 is 1.07 bits per heavy atom. The molecule has 1 N–H and O–H groups in total. The first-order chi connectivity index (χ1) is 13.6. The van der Waals surface area contributed by atoms with Crippen LogP contribution >= 0.6 is 0 Å². The van der Waals surface area contributed by atoms with Crippen LogP contribution in [0.4, 0.5) is 4.39 Å². The number of aromatic nitrogens is 2. The van der Waals surface area contributed by atoms with Crippen molar-refractivity contribution in [2.45, 2.75) is 6.92 Å². The van der Waals surface area contributed by atoms with Gasteiger partial charge in [0.05, 0.1) is 12.6 Å². The molecule has 28 heavy (non-hydrogen) atoms. The van der Waals surface area contributed by atoms with E-state index in [9.17, 15) is 4.39 Å². The first-order valence-electron chi connectivity index (χ1n) is 8.53. The fourth-order valence-electron chi connectivity index (χ4n) is 3.09. The van der Waals surface area contributed by atoms with Gasteiger partial charge in [-0.3, -0.25) is 4.98 Å². The standard InChI is InChI=1S/C21H16FN3O3/c1-12-9-14-15(25-12)3-4-18(21(14)22)28-17-5-7-24-16-11-20(27-8-6-23)19(26-2)10-13(16)17/h3-5,7,9-11,25H,8H2,1-2H3. The van der Waals surface area contributed by atoms with Crippen LogP contribution in [0.15, 0.2) is 42.6 Å². The highest BCUT2D eigenvalue weighted by atomic mass is 19.1. The molecule has 2 aromatic heterocycles. The minimum atomic E-state index is -0.437. The molecule has 2 heterocycles. The molecule has 0 fully saturated rings. The highest BCUT2D eigenvalue weighted by molar-refractivity contribution is 5.89. The maximum Gasteiger partial charge on any atom is 0.175 e. The van der Waals surface area contributed by atoms with Crippen molar-refractivity contribution in [1.82, 2.24) is 9.97 Å². The summed E-state index contributed by atoms with van der Waals surface area (Å²) in [5, 5.41) is 9.83. The SMILES string of the molecule is COc1cc2c(Oc3ccc4[nH]c(C)cc4c3F)ccnc2cc1OCC#N. The molecule has 0 unspecified atom stereocenters. The molecule has 0 aliphatic heterocycles. The second-order valence-corrected chi connectivity index (χ2v) is 6.17. The minimum absolute atomic E-state index is 0.112. The van der Waals surface area contributed by atoms with Gasteiger partial charge >= 0.3 is 0 Å². The van der Waals surface area contributed by atoms with E-state index in [1.807, 2.05) is 13.0 Å². The van der Waals surface area contributed by atoms with Crippen molar-refractivity contribution in [2.24, 2.45) is 0 Å². The van der Waals surface area contributed by atoms with E-state index in [0.29, 0.717) is 39.1 Å². The van der Waals surface area contributed by atoms with Gasteiger partial charge in [-0.05, 0) is 37.3 Å². The first-order valence-corrected chi connectivity index (χ1v) is 8.53. The smallest absolute Gasteiger partial charge is 0.175 e. The average Bonchev–Trinajstić information content (AvgIpc) is 3.09. The number of halogens is 1. The van der Waals surface area contributed by atoms with Gasteiger partial charge in [-0.2, -0.15) is 5.26 Å². The van der Waals surface area contributed by atoms with E-state index < -0.39 is 5.82 Å². The van der Waals surface area contributed by atoms with Crippen molar-refractivity contribution < 1.29 is 18.6 Å². The maximum atomic E-state index is 14.9. The largest absolute Gasteiger partial charge is 0.493 e. The molecule has 140 valence electrons. The molecule has 0 amide bonds. The molecule has 0 aliphatic rings. The molecule has 2 aromatic carbocycles. The maximum absolute atomic E-state index is 14.9. The summed E-state index contributed by atoms with van der Waals surface area (Å²) in [5.41, 5.74) is 2.16. The molecule has 0 spiro atoms. The van der Waals surface area contributed by atoms with Gasteiger partial charge in [0, 0.05) is 34.2 Å². The third-order valence-electron chi connectivity index (χ3n) is 4.34. The molecule has 4 rings (SSSR count). The Hall–Kier alpha value is -3.79. The van der Waals surface area contributed by atoms with Gasteiger partial charge in [0.1, 0.15) is 11.8 Å². The lowest BCUT2D eigenvalue weighted by Crippen LogP contribution is -1.98. The normalized spacial score (nSPS) is 10.8. The highest BCUT2D eigenvalue weighted by Crippen LogP contribution is 2.38. The van der Waals surface area contributed by atoms with E-state index >= 15 is 0 Å². The molecular weight excluding hydrogens is 361 g/mol. The summed E-state index contributed by atoms with van der Waals surface area (Å²) in [5.74, 6) is 0.936. The van der Waals surface area contributed by atoms with Crippen LogP contribution < -0.4 is 14.2 Å². The molecule has 6 nitrogen and oxygen atoms in total. The zero-order valence-electron chi connectivity index (χ0n) is 15.2. The number of nitriles is 1. The molecule has 0 atom stereocenters. The summed E-state index contributed by atoms with van der Waals surface area (Å²) in [4.78, 5) is 7.41. The molecule has 0 saturated heterocycles. The number of pyridine rings is 1. The Kier molecular flexibility index (Phi) is 4.45. The summed E-state index contributed by atoms with van der Waals surface area (Å²) < 4.78 is 31.5. The molecule has 7 heteroatoms. The summed E-state index contributed by atoms with van der Waals surface area (Å²) in [7, 11) is 1.50. The predicted molar refractivity (Wildman–Crippen MR) is 102 cm³/mol. The van der Waals surface area contributed by atoms with Crippen LogP contribution in [0.2, 0.25) is 0 Å².